The van der Waals surface area contributed by atoms with E-state index in [-0.39, 0.29) is 49.9 Å². The van der Waals surface area contributed by atoms with E-state index in [1.807, 2.05) is 19.9 Å². The van der Waals surface area contributed by atoms with Gasteiger partial charge in [-0.25, -0.2) is 4.79 Å². The molecule has 0 bridgehead atoms. The maximum absolute atomic E-state index is 13.6. The van der Waals surface area contributed by atoms with Crippen LogP contribution < -0.4 is 33.2 Å². The van der Waals surface area contributed by atoms with Gasteiger partial charge in [-0.3, -0.25) is 19.4 Å². The number of nitrogens with zero attached hydrogens (tertiary/aromatic N) is 1. The fourth-order valence-corrected chi connectivity index (χ4v) is 4.34. The molecule has 0 aliphatic carbocycles. The van der Waals surface area contributed by atoms with Gasteiger partial charge in [0.2, 0.25) is 17.7 Å². The Balaban J connectivity index is 2.29. The van der Waals surface area contributed by atoms with E-state index in [1.165, 1.54) is 12.1 Å². The molecule has 0 saturated heterocycles. The van der Waals surface area contributed by atoms with Gasteiger partial charge in [0.1, 0.15) is 23.9 Å². The largest absolute Gasteiger partial charge is 0.508 e. The number of phenolic OH excluding ortho intramolecular Hbond substituents is 1. The second-order valence-electron chi connectivity index (χ2n) is 10.8. The highest BCUT2D eigenvalue weighted by Crippen LogP contribution is 2.13. The number of aliphatic imine (C=N–C) groups is 1. The molecule has 11 N–H and O–H groups in total. The normalized spacial score (nSPS) is 13.7. The van der Waals surface area contributed by atoms with Crippen LogP contribution in [0.15, 0.2) is 59.6 Å². The minimum absolute atomic E-state index is 0.0168. The molecule has 13 nitrogen and oxygen atoms in total. The van der Waals surface area contributed by atoms with E-state index in [4.69, 9.17) is 17.2 Å². The molecule has 2 aromatic carbocycles. The van der Waals surface area contributed by atoms with E-state index in [9.17, 15) is 29.4 Å². The SMILES string of the molecule is CC(C)CC(N)C(=O)NC(Cc1ccccc1)C(=O)NC(Cc1ccc(O)cc1)C(=O)NC(CCCN=C(N)N)C(=O)O. The maximum Gasteiger partial charge on any atom is 0.326 e. The lowest BCUT2D eigenvalue weighted by molar-refractivity contribution is -0.142. The number of nitrogens with two attached hydrogens (primary N) is 3. The first-order chi connectivity index (χ1) is 20.3. The monoisotopic (exact) mass is 597 g/mol. The summed E-state index contributed by atoms with van der Waals surface area (Å²) >= 11 is 0. The lowest BCUT2D eigenvalue weighted by Gasteiger charge is -2.26. The third kappa shape index (κ3) is 12.8. The molecule has 2 aromatic rings. The average Bonchev–Trinajstić information content (AvgIpc) is 2.94. The van der Waals surface area contributed by atoms with E-state index < -0.39 is 47.9 Å². The molecule has 13 heteroatoms. The Kier molecular flexibility index (Phi) is 13.9. The summed E-state index contributed by atoms with van der Waals surface area (Å²) in [7, 11) is 0. The van der Waals surface area contributed by atoms with Crippen LogP contribution in [0.5, 0.6) is 5.75 Å². The van der Waals surface area contributed by atoms with E-state index in [0.717, 1.165) is 5.56 Å². The van der Waals surface area contributed by atoms with Crippen LogP contribution in [-0.2, 0) is 32.0 Å². The molecule has 0 saturated carbocycles. The number of phenols is 1. The number of rotatable bonds is 17. The van der Waals surface area contributed by atoms with Crippen LogP contribution >= 0.6 is 0 Å². The number of carboxylic acid groups (broad SMARTS) is 1. The summed E-state index contributed by atoms with van der Waals surface area (Å²) < 4.78 is 0. The van der Waals surface area contributed by atoms with Gasteiger partial charge in [-0.1, -0.05) is 56.3 Å². The molecule has 0 aliphatic rings. The Morgan fingerprint density at radius 3 is 1.81 bits per heavy atom. The summed E-state index contributed by atoms with van der Waals surface area (Å²) in [4.78, 5) is 55.7. The van der Waals surface area contributed by atoms with Crippen molar-refractivity contribution in [1.82, 2.24) is 16.0 Å². The van der Waals surface area contributed by atoms with Gasteiger partial charge in [0.25, 0.3) is 0 Å². The zero-order chi connectivity index (χ0) is 31.9. The van der Waals surface area contributed by atoms with Crippen molar-refractivity contribution in [1.29, 1.82) is 0 Å². The van der Waals surface area contributed by atoms with Crippen molar-refractivity contribution in [2.45, 2.75) is 70.1 Å². The first-order valence-electron chi connectivity index (χ1n) is 14.1. The lowest BCUT2D eigenvalue weighted by atomic mass is 10.0. The van der Waals surface area contributed by atoms with Gasteiger partial charge in [-0.05, 0) is 48.4 Å². The number of carboxylic acids is 1. The van der Waals surface area contributed by atoms with Crippen molar-refractivity contribution in [2.75, 3.05) is 6.54 Å². The summed E-state index contributed by atoms with van der Waals surface area (Å²) in [6.07, 6.45) is 0.848. The first-order valence-corrected chi connectivity index (χ1v) is 14.1. The third-order valence-electron chi connectivity index (χ3n) is 6.55. The molecule has 0 spiro atoms. The molecule has 0 heterocycles. The molecule has 0 fully saturated rings. The van der Waals surface area contributed by atoms with Crippen molar-refractivity contribution in [3.63, 3.8) is 0 Å². The lowest BCUT2D eigenvalue weighted by Crippen LogP contribution is -2.58. The molecule has 2 rings (SSSR count). The van der Waals surface area contributed by atoms with Gasteiger partial charge >= 0.3 is 5.97 Å². The molecule has 0 aliphatic heterocycles. The highest BCUT2D eigenvalue weighted by atomic mass is 16.4. The molecule has 0 aromatic heterocycles. The van der Waals surface area contributed by atoms with E-state index in [0.29, 0.717) is 12.0 Å². The fourth-order valence-electron chi connectivity index (χ4n) is 4.34. The second kappa shape index (κ2) is 17.3. The standard InChI is InChI=1S/C30H43N7O6/c1-18(2)15-22(31)26(39)36-24(16-19-7-4-3-5-8-19)28(41)37-25(17-20-10-12-21(38)13-11-20)27(40)35-23(29(42)43)9-6-14-34-30(32)33/h3-5,7-8,10-13,18,22-25,38H,6,9,14-17,31H2,1-2H3,(H,35,40)(H,36,39)(H,37,41)(H,42,43)(H4,32,33,34). The molecule has 43 heavy (non-hydrogen) atoms. The van der Waals surface area contributed by atoms with E-state index in [2.05, 4.69) is 20.9 Å². The summed E-state index contributed by atoms with van der Waals surface area (Å²) in [5, 5.41) is 27.3. The van der Waals surface area contributed by atoms with Crippen LogP contribution in [0.2, 0.25) is 0 Å². The van der Waals surface area contributed by atoms with Crippen molar-refractivity contribution in [3.05, 3.63) is 65.7 Å². The van der Waals surface area contributed by atoms with Crippen LogP contribution in [0.3, 0.4) is 0 Å². The number of carbonyl (C=O) groups excluding carboxylic acids is 3. The number of carbonyl (C=O) groups is 4. The summed E-state index contributed by atoms with van der Waals surface area (Å²) in [6.45, 7) is 4.04. The van der Waals surface area contributed by atoms with Gasteiger partial charge in [0, 0.05) is 19.4 Å². The Labute approximate surface area is 251 Å². The van der Waals surface area contributed by atoms with Crippen LogP contribution in [0, 0.1) is 5.92 Å². The highest BCUT2D eigenvalue weighted by molar-refractivity contribution is 5.94. The third-order valence-corrected chi connectivity index (χ3v) is 6.55. The second-order valence-corrected chi connectivity index (χ2v) is 10.8. The zero-order valence-corrected chi connectivity index (χ0v) is 24.5. The Morgan fingerprint density at radius 2 is 1.30 bits per heavy atom. The highest BCUT2D eigenvalue weighted by Gasteiger charge is 2.31. The average molecular weight is 598 g/mol. The van der Waals surface area contributed by atoms with E-state index >= 15 is 0 Å². The van der Waals surface area contributed by atoms with Gasteiger partial charge in [-0.15, -0.1) is 0 Å². The number of hydrogen-bond donors (Lipinski definition) is 8. The minimum atomic E-state index is -1.27. The minimum Gasteiger partial charge on any atom is -0.508 e. The summed E-state index contributed by atoms with van der Waals surface area (Å²) in [6, 6.07) is 10.7. The van der Waals surface area contributed by atoms with Gasteiger partial charge in [-0.2, -0.15) is 0 Å². The van der Waals surface area contributed by atoms with E-state index in [1.54, 1.807) is 36.4 Å². The Bertz CT molecular complexity index is 1230. The Hall–Kier alpha value is -4.65. The molecule has 234 valence electrons. The van der Waals surface area contributed by atoms with Crippen LogP contribution in [0.25, 0.3) is 0 Å². The van der Waals surface area contributed by atoms with Gasteiger partial charge in [0.05, 0.1) is 6.04 Å². The number of nitrogens with one attached hydrogen (secondary N) is 3. The molecule has 0 radical (unpaired) electrons. The smallest absolute Gasteiger partial charge is 0.326 e. The van der Waals surface area contributed by atoms with Crippen molar-refractivity contribution < 1.29 is 29.4 Å². The number of benzene rings is 2. The maximum atomic E-state index is 13.6. The number of guanidine groups is 1. The first kappa shape index (κ1) is 34.6. The summed E-state index contributed by atoms with van der Waals surface area (Å²) in [5.41, 5.74) is 18.1. The van der Waals surface area contributed by atoms with Crippen molar-refractivity contribution >= 4 is 29.7 Å². The summed E-state index contributed by atoms with van der Waals surface area (Å²) in [5.74, 6) is -3.11. The molecular weight excluding hydrogens is 554 g/mol. The predicted molar refractivity (Wildman–Crippen MR) is 163 cm³/mol. The van der Waals surface area contributed by atoms with Crippen LogP contribution in [0.1, 0.15) is 44.2 Å². The van der Waals surface area contributed by atoms with Gasteiger partial charge < -0.3 is 43.4 Å². The molecule has 3 amide bonds. The molecular formula is C30H43N7O6. The molecule has 4 atom stereocenters. The predicted octanol–water partition coefficient (Wildman–Crippen LogP) is 0.143. The number of amides is 3. The zero-order valence-electron chi connectivity index (χ0n) is 24.5. The number of aliphatic carboxylic acids is 1. The van der Waals surface area contributed by atoms with Crippen molar-refractivity contribution in [3.8, 4) is 5.75 Å². The van der Waals surface area contributed by atoms with Crippen LogP contribution in [0.4, 0.5) is 0 Å². The fraction of sp³-hybridized carbons (Fsp3) is 0.433. The van der Waals surface area contributed by atoms with Crippen LogP contribution in [-0.4, -0.2) is 70.6 Å². The van der Waals surface area contributed by atoms with Gasteiger partial charge in [0.15, 0.2) is 5.96 Å². The number of hydrogen-bond acceptors (Lipinski definition) is 7. The Morgan fingerprint density at radius 1 is 0.791 bits per heavy atom. The van der Waals surface area contributed by atoms with Crippen molar-refractivity contribution in [2.24, 2.45) is 28.1 Å². The number of aromatic hydroxyl groups is 1. The molecule has 4 unspecified atom stereocenters. The topological polar surface area (TPSA) is 235 Å². The quantitative estimate of drug-likeness (QED) is 0.0702.